The van der Waals surface area contributed by atoms with Crippen molar-refractivity contribution >= 4 is 23.5 Å². The summed E-state index contributed by atoms with van der Waals surface area (Å²) < 4.78 is 5.15. The molecule has 1 aromatic rings. The molecule has 7 nitrogen and oxygen atoms in total. The van der Waals surface area contributed by atoms with Gasteiger partial charge in [0.1, 0.15) is 0 Å². The third kappa shape index (κ3) is 4.04. The Labute approximate surface area is 152 Å². The number of carboxylic acid groups (broad SMARTS) is 1. The van der Waals surface area contributed by atoms with Crippen LogP contribution in [0.5, 0.6) is 0 Å². The first-order chi connectivity index (χ1) is 12.5. The SMILES string of the molecule is O=C(NC1(C(=O)O)CCOC1)c1cccc(NC(=O)C2CCCCC2)c1. The fraction of sp³-hybridized carbons (Fsp3) is 0.526. The van der Waals surface area contributed by atoms with Crippen LogP contribution < -0.4 is 10.6 Å². The van der Waals surface area contributed by atoms with Crippen molar-refractivity contribution in [1.29, 1.82) is 0 Å². The lowest BCUT2D eigenvalue weighted by molar-refractivity contribution is -0.144. The second kappa shape index (κ2) is 7.86. The standard InChI is InChI=1S/C19H24N2O5/c22-16(13-5-2-1-3-6-13)20-15-8-4-7-14(11-15)17(23)21-19(18(24)25)9-10-26-12-19/h4,7-8,11,13H,1-3,5-6,9-10,12H2,(H,20,22)(H,21,23)(H,24,25). The molecule has 1 heterocycles. The molecule has 1 aliphatic heterocycles. The lowest BCUT2D eigenvalue weighted by Gasteiger charge is -2.24. The number of amides is 2. The summed E-state index contributed by atoms with van der Waals surface area (Å²) in [5, 5.41) is 14.9. The van der Waals surface area contributed by atoms with E-state index in [1.54, 1.807) is 24.3 Å². The number of hydrogen-bond donors (Lipinski definition) is 3. The van der Waals surface area contributed by atoms with Crippen LogP contribution >= 0.6 is 0 Å². The number of aliphatic carboxylic acids is 1. The minimum atomic E-state index is -1.39. The normalized spacial score (nSPS) is 23.4. The summed E-state index contributed by atoms with van der Waals surface area (Å²) in [6.45, 7) is 0.246. The minimum Gasteiger partial charge on any atom is -0.479 e. The Bertz CT molecular complexity index is 691. The molecule has 0 bridgehead atoms. The van der Waals surface area contributed by atoms with Gasteiger partial charge in [-0.15, -0.1) is 0 Å². The van der Waals surface area contributed by atoms with Crippen LogP contribution in [0.1, 0.15) is 48.9 Å². The molecule has 1 aromatic carbocycles. The number of carbonyl (C=O) groups is 3. The van der Waals surface area contributed by atoms with Crippen LogP contribution in [0.4, 0.5) is 5.69 Å². The smallest absolute Gasteiger partial charge is 0.331 e. The van der Waals surface area contributed by atoms with Crippen LogP contribution in [-0.2, 0) is 14.3 Å². The largest absolute Gasteiger partial charge is 0.479 e. The van der Waals surface area contributed by atoms with Crippen molar-refractivity contribution in [2.75, 3.05) is 18.5 Å². The Balaban J connectivity index is 1.67. The number of carboxylic acids is 1. The fourth-order valence-electron chi connectivity index (χ4n) is 3.52. The van der Waals surface area contributed by atoms with E-state index in [0.29, 0.717) is 17.9 Å². The molecule has 1 saturated carbocycles. The second-order valence-corrected chi connectivity index (χ2v) is 7.05. The lowest BCUT2D eigenvalue weighted by Crippen LogP contribution is -2.55. The maximum atomic E-state index is 12.5. The van der Waals surface area contributed by atoms with Crippen molar-refractivity contribution in [1.82, 2.24) is 5.32 Å². The Morgan fingerprint density at radius 1 is 1.15 bits per heavy atom. The van der Waals surface area contributed by atoms with Gasteiger partial charge in [-0.25, -0.2) is 4.79 Å². The molecule has 26 heavy (non-hydrogen) atoms. The van der Waals surface area contributed by atoms with E-state index < -0.39 is 17.4 Å². The lowest BCUT2D eigenvalue weighted by atomic mass is 9.88. The van der Waals surface area contributed by atoms with E-state index in [9.17, 15) is 19.5 Å². The molecule has 1 atom stereocenters. The van der Waals surface area contributed by atoms with Crippen molar-refractivity contribution in [2.45, 2.75) is 44.1 Å². The number of rotatable bonds is 5. The minimum absolute atomic E-state index is 0.0199. The molecule has 3 N–H and O–H groups in total. The summed E-state index contributed by atoms with van der Waals surface area (Å²) in [6, 6.07) is 6.56. The number of benzene rings is 1. The molecular formula is C19H24N2O5. The van der Waals surface area contributed by atoms with E-state index in [4.69, 9.17) is 4.74 Å². The van der Waals surface area contributed by atoms with E-state index in [0.717, 1.165) is 25.7 Å². The summed E-state index contributed by atoms with van der Waals surface area (Å²) in [5.41, 5.74) is -0.544. The first-order valence-electron chi connectivity index (χ1n) is 9.05. The average molecular weight is 360 g/mol. The van der Waals surface area contributed by atoms with Gasteiger partial charge in [-0.1, -0.05) is 25.3 Å². The van der Waals surface area contributed by atoms with Gasteiger partial charge in [-0.3, -0.25) is 9.59 Å². The number of anilines is 1. The van der Waals surface area contributed by atoms with Gasteiger partial charge in [0.05, 0.1) is 6.61 Å². The van der Waals surface area contributed by atoms with Crippen LogP contribution in [0.3, 0.4) is 0 Å². The molecule has 140 valence electrons. The van der Waals surface area contributed by atoms with E-state index in [1.807, 2.05) is 0 Å². The molecule has 2 amide bonds. The Hall–Kier alpha value is -2.41. The molecular weight excluding hydrogens is 336 g/mol. The van der Waals surface area contributed by atoms with Crippen molar-refractivity contribution in [3.63, 3.8) is 0 Å². The molecule has 3 rings (SSSR count). The molecule has 0 aromatic heterocycles. The van der Waals surface area contributed by atoms with Crippen molar-refractivity contribution in [3.8, 4) is 0 Å². The van der Waals surface area contributed by atoms with Gasteiger partial charge < -0.3 is 20.5 Å². The predicted octanol–water partition coefficient (Wildman–Crippen LogP) is 2.18. The molecule has 1 saturated heterocycles. The molecule has 1 unspecified atom stereocenters. The van der Waals surface area contributed by atoms with E-state index in [2.05, 4.69) is 10.6 Å². The van der Waals surface area contributed by atoms with E-state index in [-0.39, 0.29) is 24.9 Å². The zero-order valence-electron chi connectivity index (χ0n) is 14.6. The van der Waals surface area contributed by atoms with Gasteiger partial charge >= 0.3 is 5.97 Å². The highest BCUT2D eigenvalue weighted by atomic mass is 16.5. The van der Waals surface area contributed by atoms with Crippen LogP contribution in [0.25, 0.3) is 0 Å². The highest BCUT2D eigenvalue weighted by molar-refractivity contribution is 6.00. The topological polar surface area (TPSA) is 105 Å². The first kappa shape index (κ1) is 18.4. The molecule has 1 aliphatic carbocycles. The Morgan fingerprint density at radius 2 is 1.92 bits per heavy atom. The maximum absolute atomic E-state index is 12.5. The monoisotopic (exact) mass is 360 g/mol. The van der Waals surface area contributed by atoms with Crippen LogP contribution in [0.15, 0.2) is 24.3 Å². The highest BCUT2D eigenvalue weighted by Gasteiger charge is 2.44. The highest BCUT2D eigenvalue weighted by Crippen LogP contribution is 2.25. The van der Waals surface area contributed by atoms with Crippen molar-refractivity contribution < 1.29 is 24.2 Å². The van der Waals surface area contributed by atoms with Gasteiger partial charge in [0, 0.05) is 30.2 Å². The first-order valence-corrected chi connectivity index (χ1v) is 9.05. The number of nitrogens with one attached hydrogen (secondary N) is 2. The zero-order valence-corrected chi connectivity index (χ0v) is 14.6. The fourth-order valence-corrected chi connectivity index (χ4v) is 3.52. The number of ether oxygens (including phenoxy) is 1. The summed E-state index contributed by atoms with van der Waals surface area (Å²) in [4.78, 5) is 36.4. The molecule has 0 spiro atoms. The van der Waals surface area contributed by atoms with E-state index in [1.165, 1.54) is 6.42 Å². The van der Waals surface area contributed by atoms with Crippen LogP contribution in [0.2, 0.25) is 0 Å². The Morgan fingerprint density at radius 3 is 2.58 bits per heavy atom. The second-order valence-electron chi connectivity index (χ2n) is 7.05. The Kier molecular flexibility index (Phi) is 5.56. The molecule has 2 fully saturated rings. The van der Waals surface area contributed by atoms with E-state index >= 15 is 0 Å². The summed E-state index contributed by atoms with van der Waals surface area (Å²) in [7, 11) is 0. The van der Waals surface area contributed by atoms with Gasteiger partial charge in [0.15, 0.2) is 5.54 Å². The third-order valence-corrected chi connectivity index (χ3v) is 5.15. The van der Waals surface area contributed by atoms with Gasteiger partial charge in [-0.05, 0) is 31.0 Å². The third-order valence-electron chi connectivity index (χ3n) is 5.15. The molecule has 7 heteroatoms. The molecule has 2 aliphatic rings. The van der Waals surface area contributed by atoms with Gasteiger partial charge in [-0.2, -0.15) is 0 Å². The van der Waals surface area contributed by atoms with Crippen LogP contribution in [0, 0.1) is 5.92 Å². The summed E-state index contributed by atoms with van der Waals surface area (Å²) in [6.07, 6.45) is 5.33. The summed E-state index contributed by atoms with van der Waals surface area (Å²) in [5.74, 6) is -1.60. The zero-order chi connectivity index (χ0) is 18.6. The maximum Gasteiger partial charge on any atom is 0.331 e. The van der Waals surface area contributed by atoms with Crippen molar-refractivity contribution in [2.24, 2.45) is 5.92 Å². The molecule has 0 radical (unpaired) electrons. The predicted molar refractivity (Wildman–Crippen MR) is 94.9 cm³/mol. The number of carbonyl (C=O) groups excluding carboxylic acids is 2. The quantitative estimate of drug-likeness (QED) is 0.746. The van der Waals surface area contributed by atoms with Crippen molar-refractivity contribution in [3.05, 3.63) is 29.8 Å². The van der Waals surface area contributed by atoms with Gasteiger partial charge in [0.2, 0.25) is 5.91 Å². The average Bonchev–Trinajstić information content (AvgIpc) is 3.12. The van der Waals surface area contributed by atoms with Gasteiger partial charge in [0.25, 0.3) is 5.91 Å². The van der Waals surface area contributed by atoms with Crippen LogP contribution in [-0.4, -0.2) is 41.6 Å². The summed E-state index contributed by atoms with van der Waals surface area (Å²) >= 11 is 0. The number of hydrogen-bond acceptors (Lipinski definition) is 4.